The van der Waals surface area contributed by atoms with Crippen LogP contribution in [0.25, 0.3) is 11.0 Å². The fourth-order valence-electron chi connectivity index (χ4n) is 3.39. The molecule has 0 aliphatic heterocycles. The molecule has 0 fully saturated rings. The lowest BCUT2D eigenvalue weighted by Crippen LogP contribution is -2.28. The second-order valence-electron chi connectivity index (χ2n) is 7.35. The molecule has 0 atom stereocenters. The lowest BCUT2D eigenvalue weighted by atomic mass is 10.1. The van der Waals surface area contributed by atoms with Crippen LogP contribution in [0.15, 0.2) is 52.1 Å². The molecule has 0 bridgehead atoms. The highest BCUT2D eigenvalue weighted by atomic mass is 16.3. The van der Waals surface area contributed by atoms with Crippen molar-refractivity contribution in [3.8, 4) is 0 Å². The number of nitrogens with one attached hydrogen (secondary N) is 1. The first-order valence-electron chi connectivity index (χ1n) is 9.74. The number of rotatable bonds is 6. The number of nitrogens with zero attached hydrogens (tertiary/aromatic N) is 4. The molecule has 0 saturated carbocycles. The SMILES string of the molecule is Cc1ccc(Cn2cnc3c(cnn3CCNC(=O)c3cc(C)oc3C)c2=O)cc1. The van der Waals surface area contributed by atoms with Crippen molar-refractivity contribution < 1.29 is 9.21 Å². The van der Waals surface area contributed by atoms with Gasteiger partial charge in [0.2, 0.25) is 0 Å². The Morgan fingerprint density at radius 2 is 1.93 bits per heavy atom. The number of hydrogen-bond donors (Lipinski definition) is 1. The van der Waals surface area contributed by atoms with Crippen LogP contribution < -0.4 is 10.9 Å². The second-order valence-corrected chi connectivity index (χ2v) is 7.35. The molecular formula is C22H23N5O3. The van der Waals surface area contributed by atoms with Gasteiger partial charge in [-0.1, -0.05) is 29.8 Å². The van der Waals surface area contributed by atoms with Crippen molar-refractivity contribution >= 4 is 16.9 Å². The number of aromatic nitrogens is 4. The Kier molecular flexibility index (Phi) is 5.22. The third kappa shape index (κ3) is 3.89. The molecule has 0 saturated heterocycles. The van der Waals surface area contributed by atoms with E-state index in [4.69, 9.17) is 4.42 Å². The van der Waals surface area contributed by atoms with Gasteiger partial charge in [0, 0.05) is 6.54 Å². The van der Waals surface area contributed by atoms with E-state index in [1.165, 1.54) is 11.8 Å². The third-order valence-electron chi connectivity index (χ3n) is 4.99. The van der Waals surface area contributed by atoms with E-state index in [0.717, 1.165) is 5.56 Å². The Hall–Kier alpha value is -3.68. The van der Waals surface area contributed by atoms with E-state index in [0.29, 0.717) is 47.8 Å². The summed E-state index contributed by atoms with van der Waals surface area (Å²) in [5.41, 5.74) is 3.09. The van der Waals surface area contributed by atoms with Crippen LogP contribution >= 0.6 is 0 Å². The van der Waals surface area contributed by atoms with Crippen molar-refractivity contribution in [1.29, 1.82) is 0 Å². The fourth-order valence-corrected chi connectivity index (χ4v) is 3.39. The maximum Gasteiger partial charge on any atom is 0.264 e. The topological polar surface area (TPSA) is 95.0 Å². The summed E-state index contributed by atoms with van der Waals surface area (Å²) in [5.74, 6) is 1.08. The summed E-state index contributed by atoms with van der Waals surface area (Å²) in [7, 11) is 0. The van der Waals surface area contributed by atoms with E-state index in [9.17, 15) is 9.59 Å². The molecule has 4 rings (SSSR count). The average Bonchev–Trinajstić information content (AvgIpc) is 3.28. The number of amides is 1. The molecule has 0 radical (unpaired) electrons. The van der Waals surface area contributed by atoms with E-state index in [-0.39, 0.29) is 11.5 Å². The van der Waals surface area contributed by atoms with E-state index < -0.39 is 0 Å². The maximum atomic E-state index is 12.8. The monoisotopic (exact) mass is 405 g/mol. The number of hydrogen-bond acceptors (Lipinski definition) is 5. The van der Waals surface area contributed by atoms with Gasteiger partial charge in [0.25, 0.3) is 11.5 Å². The van der Waals surface area contributed by atoms with E-state index in [2.05, 4.69) is 15.4 Å². The van der Waals surface area contributed by atoms with Gasteiger partial charge < -0.3 is 9.73 Å². The number of benzene rings is 1. The predicted molar refractivity (Wildman–Crippen MR) is 113 cm³/mol. The van der Waals surface area contributed by atoms with Gasteiger partial charge in [0.05, 0.1) is 24.8 Å². The molecule has 1 amide bonds. The van der Waals surface area contributed by atoms with Gasteiger partial charge in [0.1, 0.15) is 23.2 Å². The van der Waals surface area contributed by atoms with E-state index in [1.54, 1.807) is 35.5 Å². The Morgan fingerprint density at radius 1 is 1.17 bits per heavy atom. The van der Waals surface area contributed by atoms with Crippen molar-refractivity contribution in [3.05, 3.63) is 81.4 Å². The maximum absolute atomic E-state index is 12.8. The molecule has 8 heteroatoms. The summed E-state index contributed by atoms with van der Waals surface area (Å²) in [5, 5.41) is 7.58. The van der Waals surface area contributed by atoms with Gasteiger partial charge in [-0.3, -0.25) is 14.2 Å². The van der Waals surface area contributed by atoms with Gasteiger partial charge >= 0.3 is 0 Å². The molecule has 0 spiro atoms. The van der Waals surface area contributed by atoms with Crippen LogP contribution in [0.5, 0.6) is 0 Å². The van der Waals surface area contributed by atoms with Gasteiger partial charge in [-0.05, 0) is 32.4 Å². The van der Waals surface area contributed by atoms with Crippen molar-refractivity contribution in [2.45, 2.75) is 33.9 Å². The van der Waals surface area contributed by atoms with Crippen molar-refractivity contribution in [1.82, 2.24) is 24.6 Å². The quantitative estimate of drug-likeness (QED) is 0.532. The van der Waals surface area contributed by atoms with Crippen LogP contribution in [0.4, 0.5) is 0 Å². The van der Waals surface area contributed by atoms with Crippen molar-refractivity contribution in [2.24, 2.45) is 0 Å². The zero-order valence-electron chi connectivity index (χ0n) is 17.2. The summed E-state index contributed by atoms with van der Waals surface area (Å²) in [6.07, 6.45) is 3.07. The Bertz CT molecular complexity index is 1260. The van der Waals surface area contributed by atoms with Crippen LogP contribution in [0.3, 0.4) is 0 Å². The molecule has 154 valence electrons. The van der Waals surface area contributed by atoms with Crippen LogP contribution in [0.2, 0.25) is 0 Å². The van der Waals surface area contributed by atoms with Gasteiger partial charge in [-0.15, -0.1) is 0 Å². The minimum atomic E-state index is -0.200. The molecule has 3 heterocycles. The summed E-state index contributed by atoms with van der Waals surface area (Å²) in [6.45, 7) is 6.79. The number of carbonyl (C=O) groups excluding carboxylic acids is 1. The van der Waals surface area contributed by atoms with E-state index >= 15 is 0 Å². The zero-order valence-corrected chi connectivity index (χ0v) is 17.2. The molecule has 1 N–H and O–H groups in total. The molecule has 8 nitrogen and oxygen atoms in total. The zero-order chi connectivity index (χ0) is 21.3. The number of fused-ring (bicyclic) bond motifs is 1. The second kappa shape index (κ2) is 7.98. The van der Waals surface area contributed by atoms with Gasteiger partial charge in [0.15, 0.2) is 5.65 Å². The lowest BCUT2D eigenvalue weighted by Gasteiger charge is -2.07. The third-order valence-corrected chi connectivity index (χ3v) is 4.99. The average molecular weight is 405 g/mol. The molecule has 0 unspecified atom stereocenters. The van der Waals surface area contributed by atoms with E-state index in [1.807, 2.05) is 31.2 Å². The highest BCUT2D eigenvalue weighted by molar-refractivity contribution is 5.95. The number of furan rings is 1. The highest BCUT2D eigenvalue weighted by Gasteiger charge is 2.14. The normalized spacial score (nSPS) is 11.2. The molecule has 1 aromatic carbocycles. The largest absolute Gasteiger partial charge is 0.466 e. The van der Waals surface area contributed by atoms with Crippen LogP contribution in [-0.4, -0.2) is 31.8 Å². The standard InChI is InChI=1S/C22H23N5O3/c1-14-4-6-17(7-5-14)12-26-13-24-20-19(22(26)29)11-25-27(20)9-8-23-21(28)18-10-15(2)30-16(18)3/h4-7,10-11,13H,8-9,12H2,1-3H3,(H,23,28). The summed E-state index contributed by atoms with van der Waals surface area (Å²) < 4.78 is 8.59. The first-order valence-corrected chi connectivity index (χ1v) is 9.74. The van der Waals surface area contributed by atoms with Crippen molar-refractivity contribution in [2.75, 3.05) is 6.54 Å². The summed E-state index contributed by atoms with van der Waals surface area (Å²) >= 11 is 0. The van der Waals surface area contributed by atoms with Gasteiger partial charge in [-0.2, -0.15) is 5.10 Å². The fraction of sp³-hybridized carbons (Fsp3) is 0.273. The Labute approximate surface area is 173 Å². The summed E-state index contributed by atoms with van der Waals surface area (Å²) in [6, 6.07) is 9.75. The smallest absolute Gasteiger partial charge is 0.264 e. The Morgan fingerprint density at radius 3 is 2.63 bits per heavy atom. The molecule has 3 aromatic heterocycles. The van der Waals surface area contributed by atoms with Crippen LogP contribution in [-0.2, 0) is 13.1 Å². The molecule has 4 aromatic rings. The number of aryl methyl sites for hydroxylation is 3. The van der Waals surface area contributed by atoms with Crippen molar-refractivity contribution in [3.63, 3.8) is 0 Å². The molecule has 0 aliphatic rings. The molecular weight excluding hydrogens is 382 g/mol. The lowest BCUT2D eigenvalue weighted by molar-refractivity contribution is 0.0950. The number of carbonyl (C=O) groups is 1. The minimum absolute atomic E-state index is 0.139. The first-order chi connectivity index (χ1) is 14.4. The minimum Gasteiger partial charge on any atom is -0.466 e. The predicted octanol–water partition coefficient (Wildman–Crippen LogP) is 2.59. The highest BCUT2D eigenvalue weighted by Crippen LogP contribution is 2.13. The molecule has 30 heavy (non-hydrogen) atoms. The summed E-state index contributed by atoms with van der Waals surface area (Å²) in [4.78, 5) is 29.5. The molecule has 0 aliphatic carbocycles. The van der Waals surface area contributed by atoms with Crippen LogP contribution in [0, 0.1) is 20.8 Å². The Balaban J connectivity index is 1.46. The van der Waals surface area contributed by atoms with Gasteiger partial charge in [-0.25, -0.2) is 9.67 Å². The first kappa shape index (κ1) is 19.6. The van der Waals surface area contributed by atoms with Crippen LogP contribution in [0.1, 0.15) is 33.0 Å².